The number of carbonyl (C=O) groups excluding carboxylic acids is 4. The Hall–Kier alpha value is -4.37. The summed E-state index contributed by atoms with van der Waals surface area (Å²) in [6.45, 7) is -0.202. The molecule has 5 rings (SSSR count). The molecule has 1 amide bonds. The number of hydrogen-bond acceptors (Lipinski definition) is 12. The Bertz CT molecular complexity index is 1820. The number of benzene rings is 2. The molecule has 1 saturated heterocycles. The molecule has 51 heavy (non-hydrogen) atoms. The van der Waals surface area contributed by atoms with Crippen LogP contribution in [0.3, 0.4) is 0 Å². The third-order valence-electron chi connectivity index (χ3n) is 9.11. The second-order valence-electron chi connectivity index (χ2n) is 12.2. The van der Waals surface area contributed by atoms with Gasteiger partial charge in [-0.3, -0.25) is 19.2 Å². The predicted molar refractivity (Wildman–Crippen MR) is 152 cm³/mol. The zero-order valence-corrected chi connectivity index (χ0v) is 26.2. The third-order valence-corrected chi connectivity index (χ3v) is 9.11. The predicted octanol–water partition coefficient (Wildman–Crippen LogP) is 1.99. The molecule has 2 aromatic rings. The van der Waals surface area contributed by atoms with Gasteiger partial charge in [-0.2, -0.15) is 30.7 Å². The van der Waals surface area contributed by atoms with Crippen LogP contribution >= 0.6 is 0 Å². The molecule has 1 heterocycles. The van der Waals surface area contributed by atoms with Crippen LogP contribution in [0.2, 0.25) is 0 Å². The summed E-state index contributed by atoms with van der Waals surface area (Å²) in [4.78, 5) is 52.1. The van der Waals surface area contributed by atoms with Gasteiger partial charge in [0.15, 0.2) is 17.9 Å². The summed E-state index contributed by atoms with van der Waals surface area (Å²) in [7, 11) is 1.19. The van der Waals surface area contributed by atoms with Gasteiger partial charge in [-0.05, 0) is 13.0 Å². The fraction of sp³-hybridized carbons (Fsp3) is 0.484. The molecule has 20 heteroatoms. The highest BCUT2D eigenvalue weighted by Crippen LogP contribution is 2.53. The summed E-state index contributed by atoms with van der Waals surface area (Å²) in [6, 6.07) is 1.89. The zero-order chi connectivity index (χ0) is 38.2. The number of hydrogen-bond donors (Lipinski definition) is 6. The quantitative estimate of drug-likeness (QED) is 0.145. The standard InChI is InChI=1S/C31H28F7NO12/c1-10-22(42)13(39-27(47)29(32,33)30(34,35)31(36,37)38)6-17(50-10)51-15-8-28(48,16(41)9-40)7-12-19(15)26(46)21-20(24(12)44)23(43)11-4-3-5-14(49-2)18(11)25(21)45/h3-5,10,13,15,17,22,40,42,44,46,48H,6-9H2,1-2H3,(H,39,47)/t10?,13?,15-,17?,22?,28+/m0/s1. The first-order valence-electron chi connectivity index (χ1n) is 14.9. The van der Waals surface area contributed by atoms with Crippen LogP contribution in [0, 0.1) is 0 Å². The monoisotopic (exact) mass is 739 g/mol. The second-order valence-corrected chi connectivity index (χ2v) is 12.2. The van der Waals surface area contributed by atoms with Gasteiger partial charge in [-0.15, -0.1) is 0 Å². The minimum atomic E-state index is -6.84. The van der Waals surface area contributed by atoms with Gasteiger partial charge in [0.1, 0.15) is 35.6 Å². The Morgan fingerprint density at radius 3 is 2.24 bits per heavy atom. The Labute approximate surface area is 281 Å². The number of alkyl halides is 7. The van der Waals surface area contributed by atoms with Crippen molar-refractivity contribution in [2.45, 2.75) is 80.5 Å². The third kappa shape index (κ3) is 5.87. The number of fused-ring (bicyclic) bond motifs is 3. The van der Waals surface area contributed by atoms with Crippen molar-refractivity contribution >= 4 is 23.3 Å². The van der Waals surface area contributed by atoms with Crippen LogP contribution in [-0.4, -0.2) is 111 Å². The number of nitrogens with one attached hydrogen (secondary N) is 1. The topological polar surface area (TPSA) is 209 Å². The molecule has 3 aliphatic rings. The number of ether oxygens (including phenoxy) is 3. The highest BCUT2D eigenvalue weighted by atomic mass is 19.4. The molecule has 0 aromatic heterocycles. The molecule has 278 valence electrons. The maximum atomic E-state index is 14.1. The van der Waals surface area contributed by atoms with Crippen molar-refractivity contribution in [3.05, 3.63) is 51.6 Å². The number of methoxy groups -OCH3 is 1. The van der Waals surface area contributed by atoms with Crippen molar-refractivity contribution < 1.29 is 89.7 Å². The number of halogens is 7. The van der Waals surface area contributed by atoms with Crippen LogP contribution in [0.5, 0.6) is 17.2 Å². The minimum absolute atomic E-state index is 0.0846. The van der Waals surface area contributed by atoms with E-state index in [0.717, 1.165) is 6.92 Å². The van der Waals surface area contributed by atoms with Crippen molar-refractivity contribution in [2.24, 2.45) is 0 Å². The number of phenols is 2. The Balaban J connectivity index is 1.56. The lowest BCUT2D eigenvalue weighted by Crippen LogP contribution is -2.63. The van der Waals surface area contributed by atoms with Gasteiger partial charge in [0.25, 0.3) is 5.91 Å². The number of aliphatic hydroxyl groups excluding tert-OH is 2. The maximum Gasteiger partial charge on any atom is 0.460 e. The number of aromatic hydroxyl groups is 2. The van der Waals surface area contributed by atoms with Crippen molar-refractivity contribution in [3.8, 4) is 17.2 Å². The van der Waals surface area contributed by atoms with E-state index in [0.29, 0.717) is 0 Å². The van der Waals surface area contributed by atoms with Crippen LogP contribution in [-0.2, 0) is 25.5 Å². The zero-order valence-electron chi connectivity index (χ0n) is 26.2. The molecular weight excluding hydrogens is 711 g/mol. The number of Topliss-reactive ketones (excluding diaryl/α,β-unsaturated/α-hetero) is 1. The van der Waals surface area contributed by atoms with E-state index in [2.05, 4.69) is 0 Å². The van der Waals surface area contributed by atoms with E-state index in [1.54, 1.807) is 0 Å². The summed E-state index contributed by atoms with van der Waals surface area (Å²) >= 11 is 0. The smallest absolute Gasteiger partial charge is 0.460 e. The van der Waals surface area contributed by atoms with Gasteiger partial charge < -0.3 is 45.1 Å². The highest BCUT2D eigenvalue weighted by Gasteiger charge is 2.76. The molecule has 6 N–H and O–H groups in total. The van der Waals surface area contributed by atoms with Gasteiger partial charge in [-0.1, -0.05) is 12.1 Å². The summed E-state index contributed by atoms with van der Waals surface area (Å²) in [6.07, 6.45) is -16.8. The molecule has 1 fully saturated rings. The first kappa shape index (κ1) is 37.9. The number of rotatable bonds is 8. The Kier molecular flexibility index (Phi) is 9.42. The van der Waals surface area contributed by atoms with Gasteiger partial charge in [0.05, 0.1) is 42.0 Å². The molecule has 2 aromatic carbocycles. The Morgan fingerprint density at radius 2 is 1.65 bits per heavy atom. The first-order valence-corrected chi connectivity index (χ1v) is 14.9. The summed E-state index contributed by atoms with van der Waals surface area (Å²) in [5.41, 5.74) is -5.61. The minimum Gasteiger partial charge on any atom is -0.507 e. The molecule has 4 unspecified atom stereocenters. The lowest BCUT2D eigenvalue weighted by molar-refractivity contribution is -0.344. The number of ketones is 3. The van der Waals surface area contributed by atoms with Crippen LogP contribution in [0.25, 0.3) is 0 Å². The number of aliphatic hydroxyl groups is 3. The van der Waals surface area contributed by atoms with E-state index >= 15 is 0 Å². The lowest BCUT2D eigenvalue weighted by Gasteiger charge is -2.43. The first-order chi connectivity index (χ1) is 23.5. The van der Waals surface area contributed by atoms with E-state index in [1.807, 2.05) is 0 Å². The van der Waals surface area contributed by atoms with Crippen LogP contribution in [0.1, 0.15) is 68.8 Å². The molecule has 0 saturated carbocycles. The van der Waals surface area contributed by atoms with Crippen molar-refractivity contribution in [1.29, 1.82) is 0 Å². The summed E-state index contributed by atoms with van der Waals surface area (Å²) in [5.74, 6) is -21.6. The van der Waals surface area contributed by atoms with E-state index in [1.165, 1.54) is 30.6 Å². The summed E-state index contributed by atoms with van der Waals surface area (Å²) < 4.78 is 110. The average molecular weight is 740 g/mol. The van der Waals surface area contributed by atoms with E-state index in [9.17, 15) is 75.4 Å². The molecule has 1 aliphatic heterocycles. The van der Waals surface area contributed by atoms with Crippen LogP contribution in [0.15, 0.2) is 18.2 Å². The number of amides is 1. The van der Waals surface area contributed by atoms with Crippen molar-refractivity contribution in [3.63, 3.8) is 0 Å². The van der Waals surface area contributed by atoms with Gasteiger partial charge in [-0.25, -0.2) is 0 Å². The molecule has 0 spiro atoms. The maximum absolute atomic E-state index is 14.1. The van der Waals surface area contributed by atoms with E-state index in [-0.39, 0.29) is 16.9 Å². The van der Waals surface area contributed by atoms with E-state index in [4.69, 9.17) is 14.2 Å². The fourth-order valence-electron chi connectivity index (χ4n) is 6.44. The molecular formula is C31H28F7NO12. The van der Waals surface area contributed by atoms with Crippen LogP contribution < -0.4 is 10.1 Å². The molecule has 0 bridgehead atoms. The van der Waals surface area contributed by atoms with Crippen LogP contribution in [0.4, 0.5) is 30.7 Å². The SMILES string of the molecule is COc1cccc2c1C(=O)c1c(O)c3c(c(O)c1C2=O)C[C@](O)(C(=O)CO)C[C@@H]3OC1CC(NC(=O)C(F)(F)C(F)(F)C(F)(F)F)C(O)C(C)O1. The fourth-order valence-corrected chi connectivity index (χ4v) is 6.44. The van der Waals surface area contributed by atoms with E-state index < -0.39 is 137 Å². The molecule has 13 nitrogen and oxygen atoms in total. The average Bonchev–Trinajstić information content (AvgIpc) is 3.05. The summed E-state index contributed by atoms with van der Waals surface area (Å²) in [5, 5.41) is 55.5. The number of phenolic OH excluding ortho intramolecular Hbond substituents is 2. The second kappa shape index (κ2) is 12.7. The normalized spacial score (nSPS) is 26.5. The molecule has 6 atom stereocenters. The Morgan fingerprint density at radius 1 is 1.02 bits per heavy atom. The van der Waals surface area contributed by atoms with Gasteiger partial charge in [0, 0.05) is 36.0 Å². The number of carbonyl (C=O) groups is 4. The largest absolute Gasteiger partial charge is 0.507 e. The lowest BCUT2D eigenvalue weighted by atomic mass is 9.72. The van der Waals surface area contributed by atoms with Gasteiger partial charge in [0.2, 0.25) is 5.78 Å². The van der Waals surface area contributed by atoms with Gasteiger partial charge >= 0.3 is 18.0 Å². The van der Waals surface area contributed by atoms with Crippen molar-refractivity contribution in [1.82, 2.24) is 5.32 Å². The highest BCUT2D eigenvalue weighted by molar-refractivity contribution is 6.31. The molecule has 0 radical (unpaired) electrons. The molecule has 2 aliphatic carbocycles. The van der Waals surface area contributed by atoms with Crippen molar-refractivity contribution in [2.75, 3.05) is 13.7 Å².